The van der Waals surface area contributed by atoms with Gasteiger partial charge < -0.3 is 9.47 Å². The van der Waals surface area contributed by atoms with Crippen LogP contribution in [0.5, 0.6) is 0 Å². The van der Waals surface area contributed by atoms with Crippen molar-refractivity contribution in [3.63, 3.8) is 0 Å². The number of nitrogens with zero attached hydrogens (tertiary/aromatic N) is 1. The van der Waals surface area contributed by atoms with Crippen LogP contribution >= 0.6 is 15.9 Å². The lowest BCUT2D eigenvalue weighted by Gasteiger charge is -2.24. The topological polar surface area (TPSA) is 76.4 Å². The first kappa shape index (κ1) is 17.2. The van der Waals surface area contributed by atoms with Gasteiger partial charge in [-0.05, 0) is 30.5 Å². The number of rotatable bonds is 6. The molecular formula is C15H16BrNO4. The number of hydrogen-bond acceptors (Lipinski definition) is 5. The van der Waals surface area contributed by atoms with Crippen LogP contribution in [0.2, 0.25) is 0 Å². The second-order valence-corrected chi connectivity index (χ2v) is 5.17. The van der Waals surface area contributed by atoms with E-state index >= 15 is 0 Å². The summed E-state index contributed by atoms with van der Waals surface area (Å²) < 4.78 is 9.45. The molecule has 0 aliphatic carbocycles. The summed E-state index contributed by atoms with van der Waals surface area (Å²) in [6.45, 7) is 0. The van der Waals surface area contributed by atoms with E-state index in [0.717, 1.165) is 0 Å². The quantitative estimate of drug-likeness (QED) is 0.580. The highest BCUT2D eigenvalue weighted by Crippen LogP contribution is 2.31. The third kappa shape index (κ3) is 3.61. The van der Waals surface area contributed by atoms with Crippen molar-refractivity contribution in [1.82, 2.24) is 0 Å². The Bertz CT molecular complexity index is 567. The fourth-order valence-electron chi connectivity index (χ4n) is 2.07. The smallest absolute Gasteiger partial charge is 0.337 e. The van der Waals surface area contributed by atoms with Gasteiger partial charge in [0.1, 0.15) is 0 Å². The van der Waals surface area contributed by atoms with Gasteiger partial charge in [-0.15, -0.1) is 0 Å². The van der Waals surface area contributed by atoms with E-state index in [-0.39, 0.29) is 5.56 Å². The third-order valence-electron chi connectivity index (χ3n) is 3.19. The maximum Gasteiger partial charge on any atom is 0.337 e. The number of carbonyl (C=O) groups excluding carboxylic acids is 2. The van der Waals surface area contributed by atoms with Crippen molar-refractivity contribution < 1.29 is 19.1 Å². The summed E-state index contributed by atoms with van der Waals surface area (Å²) in [7, 11) is 2.52. The Hall–Kier alpha value is -1.87. The third-order valence-corrected chi connectivity index (χ3v) is 3.75. The number of alkyl halides is 1. The molecule has 0 saturated carbocycles. The second kappa shape index (κ2) is 7.79. The molecule has 0 aliphatic rings. The molecule has 0 N–H and O–H groups in total. The van der Waals surface area contributed by atoms with Gasteiger partial charge in [0.05, 0.1) is 25.9 Å². The van der Waals surface area contributed by atoms with Crippen molar-refractivity contribution in [3.8, 4) is 6.07 Å². The first-order valence-corrected chi connectivity index (χ1v) is 7.42. The van der Waals surface area contributed by atoms with Gasteiger partial charge in [-0.3, -0.25) is 0 Å². The predicted molar refractivity (Wildman–Crippen MR) is 80.1 cm³/mol. The molecule has 1 atom stereocenters. The molecule has 21 heavy (non-hydrogen) atoms. The Morgan fingerprint density at radius 1 is 1.33 bits per heavy atom. The summed E-state index contributed by atoms with van der Waals surface area (Å²) in [4.78, 5) is 23.8. The van der Waals surface area contributed by atoms with Crippen LogP contribution in [0.4, 0.5) is 0 Å². The molecule has 0 heterocycles. The Morgan fingerprint density at radius 3 is 2.57 bits per heavy atom. The molecule has 0 radical (unpaired) electrons. The summed E-state index contributed by atoms with van der Waals surface area (Å²) in [6.07, 6.45) is 0.914. The number of nitriles is 1. The fourth-order valence-corrected chi connectivity index (χ4v) is 2.35. The monoisotopic (exact) mass is 353 g/mol. The largest absolute Gasteiger partial charge is 0.468 e. The maximum absolute atomic E-state index is 12.1. The van der Waals surface area contributed by atoms with Gasteiger partial charge in [0.2, 0.25) is 0 Å². The minimum atomic E-state index is -1.42. The Labute approximate surface area is 132 Å². The molecule has 1 aromatic rings. The van der Waals surface area contributed by atoms with Crippen LogP contribution in [0, 0.1) is 11.3 Å². The van der Waals surface area contributed by atoms with Crippen molar-refractivity contribution in [2.45, 2.75) is 18.3 Å². The van der Waals surface area contributed by atoms with Crippen LogP contribution in [0.3, 0.4) is 0 Å². The number of methoxy groups -OCH3 is 2. The lowest BCUT2D eigenvalue weighted by molar-refractivity contribution is -0.145. The molecule has 0 amide bonds. The van der Waals surface area contributed by atoms with E-state index < -0.39 is 17.4 Å². The molecule has 6 heteroatoms. The average molecular weight is 354 g/mol. The van der Waals surface area contributed by atoms with E-state index in [0.29, 0.717) is 23.7 Å². The van der Waals surface area contributed by atoms with Gasteiger partial charge in [-0.1, -0.05) is 28.1 Å². The van der Waals surface area contributed by atoms with E-state index in [1.165, 1.54) is 20.3 Å². The Balaban J connectivity index is 3.35. The number of halogens is 1. The highest BCUT2D eigenvalue weighted by Gasteiger charge is 2.41. The van der Waals surface area contributed by atoms with Crippen molar-refractivity contribution in [2.24, 2.45) is 0 Å². The van der Waals surface area contributed by atoms with Crippen molar-refractivity contribution in [1.29, 1.82) is 5.26 Å². The summed E-state index contributed by atoms with van der Waals surface area (Å²) in [5.74, 6) is -1.15. The molecule has 0 aliphatic heterocycles. The molecule has 0 fully saturated rings. The zero-order valence-electron chi connectivity index (χ0n) is 11.9. The normalized spacial score (nSPS) is 12.9. The summed E-state index contributed by atoms with van der Waals surface area (Å²) in [5, 5.41) is 10.2. The van der Waals surface area contributed by atoms with Crippen LogP contribution in [0.15, 0.2) is 24.3 Å². The highest BCUT2D eigenvalue weighted by molar-refractivity contribution is 9.09. The summed E-state index contributed by atoms with van der Waals surface area (Å²) >= 11 is 3.29. The molecule has 0 saturated heterocycles. The Morgan fingerprint density at radius 2 is 2.05 bits per heavy atom. The first-order chi connectivity index (χ1) is 10.1. The van der Waals surface area contributed by atoms with E-state index in [1.54, 1.807) is 18.2 Å². The highest BCUT2D eigenvalue weighted by atomic mass is 79.9. The van der Waals surface area contributed by atoms with E-state index in [2.05, 4.69) is 26.7 Å². The lowest BCUT2D eigenvalue weighted by Crippen LogP contribution is -2.36. The molecule has 5 nitrogen and oxygen atoms in total. The minimum absolute atomic E-state index is 0.289. The van der Waals surface area contributed by atoms with Crippen LogP contribution < -0.4 is 0 Å². The van der Waals surface area contributed by atoms with Crippen LogP contribution in [0.1, 0.15) is 28.8 Å². The number of ether oxygens (including phenoxy) is 2. The Kier molecular flexibility index (Phi) is 6.38. The number of carbonyl (C=O) groups is 2. The molecule has 0 spiro atoms. The zero-order valence-corrected chi connectivity index (χ0v) is 13.5. The zero-order chi connectivity index (χ0) is 15.9. The molecule has 1 rings (SSSR count). The van der Waals surface area contributed by atoms with Gasteiger partial charge in [-0.2, -0.15) is 5.26 Å². The van der Waals surface area contributed by atoms with E-state index in [1.807, 2.05) is 0 Å². The van der Waals surface area contributed by atoms with Crippen molar-refractivity contribution in [2.75, 3.05) is 19.5 Å². The number of benzene rings is 1. The molecule has 1 unspecified atom stereocenters. The number of hydrogen-bond donors (Lipinski definition) is 0. The molecule has 112 valence electrons. The van der Waals surface area contributed by atoms with Gasteiger partial charge in [0.25, 0.3) is 0 Å². The molecular weight excluding hydrogens is 338 g/mol. The SMILES string of the molecule is COC(=O)c1cccc(C(C#N)(CCCBr)C(=O)OC)c1. The molecule has 0 aromatic heterocycles. The van der Waals surface area contributed by atoms with Gasteiger partial charge in [0, 0.05) is 5.33 Å². The number of esters is 2. The summed E-state index contributed by atoms with van der Waals surface area (Å²) in [6, 6.07) is 8.38. The summed E-state index contributed by atoms with van der Waals surface area (Å²) in [5.41, 5.74) is -0.704. The predicted octanol–water partition coefficient (Wildman–Crippen LogP) is 2.58. The standard InChI is InChI=1S/C15H16BrNO4/c1-20-13(18)11-5-3-6-12(9-11)15(10-17,7-4-8-16)14(19)21-2/h3,5-6,9H,4,7-8H2,1-2H3. The average Bonchev–Trinajstić information content (AvgIpc) is 2.55. The van der Waals surface area contributed by atoms with Crippen LogP contribution in [-0.4, -0.2) is 31.5 Å². The fraction of sp³-hybridized carbons (Fsp3) is 0.400. The second-order valence-electron chi connectivity index (χ2n) is 4.37. The molecule has 0 bridgehead atoms. The van der Waals surface area contributed by atoms with Gasteiger partial charge in [0.15, 0.2) is 5.41 Å². The lowest BCUT2D eigenvalue weighted by atomic mass is 9.77. The van der Waals surface area contributed by atoms with Crippen LogP contribution in [0.25, 0.3) is 0 Å². The van der Waals surface area contributed by atoms with Gasteiger partial charge >= 0.3 is 11.9 Å². The van der Waals surface area contributed by atoms with Gasteiger partial charge in [-0.25, -0.2) is 9.59 Å². The van der Waals surface area contributed by atoms with E-state index in [4.69, 9.17) is 4.74 Å². The maximum atomic E-state index is 12.1. The van der Waals surface area contributed by atoms with E-state index in [9.17, 15) is 14.9 Å². The minimum Gasteiger partial charge on any atom is -0.468 e. The first-order valence-electron chi connectivity index (χ1n) is 6.30. The molecule has 1 aromatic carbocycles. The van der Waals surface area contributed by atoms with Crippen molar-refractivity contribution in [3.05, 3.63) is 35.4 Å². The van der Waals surface area contributed by atoms with Crippen LogP contribution in [-0.2, 0) is 19.7 Å². The van der Waals surface area contributed by atoms with Crippen molar-refractivity contribution >= 4 is 27.9 Å².